The minimum absolute atomic E-state index is 0.0371. The molecule has 1 N–H and O–H groups in total. The number of sulfonamides is 1. The molecule has 0 bridgehead atoms. The predicted molar refractivity (Wildman–Crippen MR) is 86.4 cm³/mol. The van der Waals surface area contributed by atoms with E-state index >= 15 is 0 Å². The van der Waals surface area contributed by atoms with Crippen LogP contribution in [0.1, 0.15) is 31.7 Å². The standard InChI is InChI=1S/C14H19ClN4O2S/c1-2-7-22(20,21)18-12-3-5-19(6-4-12)14-13(15)8-11(9-16)10-17-14/h8,10,12,18H,2-7H2,1H3. The number of hydrogen-bond acceptors (Lipinski definition) is 5. The van der Waals surface area contributed by atoms with Gasteiger partial charge in [-0.1, -0.05) is 18.5 Å². The maximum atomic E-state index is 11.8. The van der Waals surface area contributed by atoms with Gasteiger partial charge in [0.2, 0.25) is 10.0 Å². The van der Waals surface area contributed by atoms with Gasteiger partial charge in [0, 0.05) is 25.3 Å². The van der Waals surface area contributed by atoms with Crippen LogP contribution in [0.25, 0.3) is 0 Å². The van der Waals surface area contributed by atoms with E-state index in [1.807, 2.05) is 17.9 Å². The fourth-order valence-electron chi connectivity index (χ4n) is 2.52. The number of piperidine rings is 1. The van der Waals surface area contributed by atoms with Gasteiger partial charge in [0.05, 0.1) is 16.3 Å². The Balaban J connectivity index is 1.97. The van der Waals surface area contributed by atoms with Crippen LogP contribution in [0.5, 0.6) is 0 Å². The highest BCUT2D eigenvalue weighted by molar-refractivity contribution is 7.89. The van der Waals surface area contributed by atoms with Crippen LogP contribution in [0.15, 0.2) is 12.3 Å². The Morgan fingerprint density at radius 1 is 1.50 bits per heavy atom. The number of aromatic nitrogens is 1. The number of anilines is 1. The molecule has 0 unspecified atom stereocenters. The Morgan fingerprint density at radius 2 is 2.18 bits per heavy atom. The quantitative estimate of drug-likeness (QED) is 0.883. The molecule has 1 aromatic rings. The third kappa shape index (κ3) is 4.32. The second kappa shape index (κ2) is 7.27. The van der Waals surface area contributed by atoms with E-state index in [4.69, 9.17) is 16.9 Å². The molecule has 0 atom stereocenters. The predicted octanol–water partition coefficient (Wildman–Crippen LogP) is 1.90. The molecule has 1 aliphatic rings. The first-order valence-electron chi connectivity index (χ1n) is 7.25. The molecule has 1 saturated heterocycles. The van der Waals surface area contributed by atoms with E-state index in [-0.39, 0.29) is 11.8 Å². The van der Waals surface area contributed by atoms with Crippen LogP contribution in [0.3, 0.4) is 0 Å². The second-order valence-electron chi connectivity index (χ2n) is 5.34. The highest BCUT2D eigenvalue weighted by atomic mass is 35.5. The minimum Gasteiger partial charge on any atom is -0.355 e. The molecule has 1 aromatic heterocycles. The summed E-state index contributed by atoms with van der Waals surface area (Å²) in [5.41, 5.74) is 0.427. The van der Waals surface area contributed by atoms with E-state index in [9.17, 15) is 8.42 Å². The SMILES string of the molecule is CCCS(=O)(=O)NC1CCN(c2ncc(C#N)cc2Cl)CC1. The molecule has 0 amide bonds. The Labute approximate surface area is 136 Å². The van der Waals surface area contributed by atoms with Gasteiger partial charge in [0.15, 0.2) is 0 Å². The van der Waals surface area contributed by atoms with E-state index in [1.54, 1.807) is 6.07 Å². The van der Waals surface area contributed by atoms with Crippen LogP contribution in [0.2, 0.25) is 5.02 Å². The van der Waals surface area contributed by atoms with Crippen molar-refractivity contribution < 1.29 is 8.42 Å². The lowest BCUT2D eigenvalue weighted by molar-refractivity contribution is 0.458. The summed E-state index contributed by atoms with van der Waals surface area (Å²) in [4.78, 5) is 6.26. The Morgan fingerprint density at radius 3 is 2.73 bits per heavy atom. The first-order valence-corrected chi connectivity index (χ1v) is 9.29. The van der Waals surface area contributed by atoms with E-state index in [0.29, 0.717) is 48.8 Å². The zero-order chi connectivity index (χ0) is 16.2. The molecule has 0 spiro atoms. The van der Waals surface area contributed by atoms with Crippen molar-refractivity contribution in [2.75, 3.05) is 23.7 Å². The summed E-state index contributed by atoms with van der Waals surface area (Å²) in [6.07, 6.45) is 3.53. The van der Waals surface area contributed by atoms with Gasteiger partial charge in [-0.2, -0.15) is 5.26 Å². The molecule has 22 heavy (non-hydrogen) atoms. The molecule has 8 heteroatoms. The van der Waals surface area contributed by atoms with Crippen molar-refractivity contribution in [2.45, 2.75) is 32.2 Å². The first-order chi connectivity index (χ1) is 10.4. The third-order valence-corrected chi connectivity index (χ3v) is 5.48. The topological polar surface area (TPSA) is 86.1 Å². The summed E-state index contributed by atoms with van der Waals surface area (Å²) in [6.45, 7) is 3.20. The molecule has 2 rings (SSSR count). The highest BCUT2D eigenvalue weighted by Gasteiger charge is 2.24. The van der Waals surface area contributed by atoms with Crippen LogP contribution in [0.4, 0.5) is 5.82 Å². The summed E-state index contributed by atoms with van der Waals surface area (Å²) >= 11 is 6.16. The minimum atomic E-state index is -3.18. The van der Waals surface area contributed by atoms with Gasteiger partial charge < -0.3 is 4.90 Å². The van der Waals surface area contributed by atoms with E-state index in [2.05, 4.69) is 9.71 Å². The fourth-order valence-corrected chi connectivity index (χ4v) is 4.20. The number of nitrogens with one attached hydrogen (secondary N) is 1. The third-order valence-electron chi connectivity index (χ3n) is 3.56. The summed E-state index contributed by atoms with van der Waals surface area (Å²) in [5.74, 6) is 0.812. The van der Waals surface area contributed by atoms with Crippen LogP contribution >= 0.6 is 11.6 Å². The zero-order valence-electron chi connectivity index (χ0n) is 12.4. The number of nitrogens with zero attached hydrogens (tertiary/aromatic N) is 3. The Hall–Kier alpha value is -1.36. The number of rotatable bonds is 5. The lowest BCUT2D eigenvalue weighted by Crippen LogP contribution is -2.45. The van der Waals surface area contributed by atoms with E-state index in [1.165, 1.54) is 6.20 Å². The Bertz CT molecular complexity index is 664. The fraction of sp³-hybridized carbons (Fsp3) is 0.571. The lowest BCUT2D eigenvalue weighted by atomic mass is 10.1. The molecule has 6 nitrogen and oxygen atoms in total. The largest absolute Gasteiger partial charge is 0.355 e. The van der Waals surface area contributed by atoms with Crippen molar-refractivity contribution in [3.63, 3.8) is 0 Å². The number of nitriles is 1. The molecule has 0 aromatic carbocycles. The average Bonchev–Trinajstić information content (AvgIpc) is 2.47. The summed E-state index contributed by atoms with van der Waals surface area (Å²) in [5, 5.41) is 9.27. The van der Waals surface area contributed by atoms with E-state index < -0.39 is 10.0 Å². The van der Waals surface area contributed by atoms with Crippen molar-refractivity contribution in [2.24, 2.45) is 0 Å². The summed E-state index contributed by atoms with van der Waals surface area (Å²) in [7, 11) is -3.18. The van der Waals surface area contributed by atoms with Crippen LogP contribution < -0.4 is 9.62 Å². The van der Waals surface area contributed by atoms with Gasteiger partial charge >= 0.3 is 0 Å². The zero-order valence-corrected chi connectivity index (χ0v) is 14.0. The maximum absolute atomic E-state index is 11.8. The van der Waals surface area contributed by atoms with Crippen molar-refractivity contribution in [3.8, 4) is 6.07 Å². The first kappa shape index (κ1) is 17.0. The molecular formula is C14H19ClN4O2S. The molecule has 1 fully saturated rings. The lowest BCUT2D eigenvalue weighted by Gasteiger charge is -2.33. The van der Waals surface area contributed by atoms with Gasteiger partial charge in [-0.05, 0) is 25.3 Å². The van der Waals surface area contributed by atoms with Crippen molar-refractivity contribution in [1.82, 2.24) is 9.71 Å². The summed E-state index contributed by atoms with van der Waals surface area (Å²) in [6, 6.07) is 3.56. The highest BCUT2D eigenvalue weighted by Crippen LogP contribution is 2.26. The molecule has 0 aliphatic carbocycles. The van der Waals surface area contributed by atoms with Crippen LogP contribution in [0, 0.1) is 11.3 Å². The number of pyridine rings is 1. The Kier molecular flexibility index (Phi) is 5.62. The van der Waals surface area contributed by atoms with Crippen molar-refractivity contribution in [3.05, 3.63) is 22.8 Å². The second-order valence-corrected chi connectivity index (χ2v) is 7.62. The van der Waals surface area contributed by atoms with Gasteiger partial charge in [-0.25, -0.2) is 18.1 Å². The van der Waals surface area contributed by atoms with E-state index in [0.717, 1.165) is 0 Å². The molecule has 0 saturated carbocycles. The van der Waals surface area contributed by atoms with Crippen LogP contribution in [-0.4, -0.2) is 38.3 Å². The van der Waals surface area contributed by atoms with Gasteiger partial charge in [-0.15, -0.1) is 0 Å². The molecule has 120 valence electrons. The molecule has 2 heterocycles. The van der Waals surface area contributed by atoms with Gasteiger partial charge in [0.1, 0.15) is 11.9 Å². The maximum Gasteiger partial charge on any atom is 0.211 e. The number of hydrogen-bond donors (Lipinski definition) is 1. The molecule has 0 radical (unpaired) electrons. The van der Waals surface area contributed by atoms with Crippen LogP contribution in [-0.2, 0) is 10.0 Å². The molecule has 1 aliphatic heterocycles. The van der Waals surface area contributed by atoms with Gasteiger partial charge in [0.25, 0.3) is 0 Å². The smallest absolute Gasteiger partial charge is 0.211 e. The summed E-state index contributed by atoms with van der Waals surface area (Å²) < 4.78 is 26.3. The molecular weight excluding hydrogens is 324 g/mol. The normalized spacial score (nSPS) is 16.5. The average molecular weight is 343 g/mol. The monoisotopic (exact) mass is 342 g/mol. The van der Waals surface area contributed by atoms with Crippen molar-refractivity contribution >= 4 is 27.4 Å². The van der Waals surface area contributed by atoms with Gasteiger partial charge in [-0.3, -0.25) is 0 Å². The number of halogens is 1. The van der Waals surface area contributed by atoms with Crippen molar-refractivity contribution in [1.29, 1.82) is 5.26 Å².